The molecule has 0 saturated carbocycles. The minimum Gasteiger partial charge on any atom is -0.491 e. The maximum Gasteiger partial charge on any atom is 0.264 e. The van der Waals surface area contributed by atoms with E-state index in [9.17, 15) is 17.2 Å². The summed E-state index contributed by atoms with van der Waals surface area (Å²) in [5.41, 5.74) is -0.486. The van der Waals surface area contributed by atoms with Gasteiger partial charge in [0.2, 0.25) is 0 Å². The molecule has 24 heavy (non-hydrogen) atoms. The predicted octanol–water partition coefficient (Wildman–Crippen LogP) is 2.09. The van der Waals surface area contributed by atoms with Crippen LogP contribution >= 0.6 is 11.6 Å². The third kappa shape index (κ3) is 8.74. The van der Waals surface area contributed by atoms with Crippen molar-refractivity contribution in [1.29, 1.82) is 0 Å². The summed E-state index contributed by atoms with van der Waals surface area (Å²) in [6.07, 6.45) is 0.793. The summed E-state index contributed by atoms with van der Waals surface area (Å²) in [7, 11) is -3.79. The second kappa shape index (κ2) is 10.8. The van der Waals surface area contributed by atoms with Crippen LogP contribution in [0.1, 0.15) is 5.56 Å². The number of hydrogen-bond donors (Lipinski definition) is 0. The maximum atomic E-state index is 13.8. The summed E-state index contributed by atoms with van der Waals surface area (Å²) in [5.74, 6) is -1.53. The molecule has 1 aromatic rings. The fourth-order valence-electron chi connectivity index (χ4n) is 1.56. The molecule has 6 nitrogen and oxygen atoms in total. The van der Waals surface area contributed by atoms with Crippen molar-refractivity contribution in [1.82, 2.24) is 0 Å². The molecule has 0 unspecified atom stereocenters. The molecular formula is C14H19ClF2O6S. The van der Waals surface area contributed by atoms with Crippen LogP contribution in [0.5, 0.6) is 5.75 Å². The lowest BCUT2D eigenvalue weighted by atomic mass is 10.2. The Labute approximate surface area is 144 Å². The van der Waals surface area contributed by atoms with Crippen molar-refractivity contribution >= 4 is 21.7 Å². The van der Waals surface area contributed by atoms with Crippen LogP contribution in [0.2, 0.25) is 0 Å². The van der Waals surface area contributed by atoms with Crippen molar-refractivity contribution in [2.75, 3.05) is 45.2 Å². The monoisotopic (exact) mass is 388 g/mol. The average molecular weight is 389 g/mol. The van der Waals surface area contributed by atoms with Gasteiger partial charge >= 0.3 is 0 Å². The van der Waals surface area contributed by atoms with E-state index in [1.165, 1.54) is 0 Å². The van der Waals surface area contributed by atoms with Gasteiger partial charge in [0.1, 0.15) is 24.0 Å². The summed E-state index contributed by atoms with van der Waals surface area (Å²) in [5, 5.41) is 0. The Morgan fingerprint density at radius 3 is 2.08 bits per heavy atom. The molecule has 0 bridgehead atoms. The highest BCUT2D eigenvalue weighted by Gasteiger charge is 2.14. The van der Waals surface area contributed by atoms with E-state index < -0.39 is 33.9 Å². The average Bonchev–Trinajstić information content (AvgIpc) is 2.48. The second-order valence-electron chi connectivity index (χ2n) is 4.59. The van der Waals surface area contributed by atoms with Crippen LogP contribution in [0.15, 0.2) is 12.1 Å². The quantitative estimate of drug-likeness (QED) is 0.310. The van der Waals surface area contributed by atoms with Crippen LogP contribution in [-0.4, -0.2) is 53.6 Å². The van der Waals surface area contributed by atoms with Crippen LogP contribution in [0, 0.1) is 11.6 Å². The molecule has 1 aromatic carbocycles. The van der Waals surface area contributed by atoms with E-state index in [1.54, 1.807) is 0 Å². The molecule has 0 aromatic heterocycles. The highest BCUT2D eigenvalue weighted by atomic mass is 35.5. The normalized spacial score (nSPS) is 11.7. The summed E-state index contributed by atoms with van der Waals surface area (Å²) in [6, 6.07) is 1.90. The first kappa shape index (κ1) is 21.0. The third-order valence-corrected chi connectivity index (χ3v) is 3.32. The highest BCUT2D eigenvalue weighted by molar-refractivity contribution is 7.85. The molecule has 10 heteroatoms. The summed E-state index contributed by atoms with van der Waals surface area (Å²) in [4.78, 5) is 0. The fourth-order valence-corrected chi connectivity index (χ4v) is 2.00. The lowest BCUT2D eigenvalue weighted by Gasteiger charge is -2.10. The molecular weight excluding hydrogens is 370 g/mol. The highest BCUT2D eigenvalue weighted by Crippen LogP contribution is 2.21. The number of alkyl halides is 1. The van der Waals surface area contributed by atoms with E-state index in [2.05, 4.69) is 4.18 Å². The number of halogens is 3. The molecule has 138 valence electrons. The van der Waals surface area contributed by atoms with E-state index in [0.717, 1.165) is 18.4 Å². The predicted molar refractivity (Wildman–Crippen MR) is 83.8 cm³/mol. The van der Waals surface area contributed by atoms with E-state index >= 15 is 0 Å². The number of hydrogen-bond acceptors (Lipinski definition) is 6. The lowest BCUT2D eigenvalue weighted by Crippen LogP contribution is -2.12. The van der Waals surface area contributed by atoms with Gasteiger partial charge in [0.25, 0.3) is 10.1 Å². The van der Waals surface area contributed by atoms with Gasteiger partial charge in [0.05, 0.1) is 44.9 Å². The van der Waals surface area contributed by atoms with Gasteiger partial charge in [-0.2, -0.15) is 8.42 Å². The van der Waals surface area contributed by atoms with Crippen molar-refractivity contribution in [2.45, 2.75) is 6.61 Å². The van der Waals surface area contributed by atoms with Crippen molar-refractivity contribution in [3.8, 4) is 5.75 Å². The van der Waals surface area contributed by atoms with Gasteiger partial charge in [0, 0.05) is 18.0 Å². The first-order chi connectivity index (χ1) is 11.3. The fraction of sp³-hybridized carbons (Fsp3) is 0.571. The van der Waals surface area contributed by atoms with Gasteiger partial charge in [-0.15, -0.1) is 11.6 Å². The van der Waals surface area contributed by atoms with Gasteiger partial charge in [0.15, 0.2) is 0 Å². The molecule has 0 spiro atoms. The van der Waals surface area contributed by atoms with Crippen molar-refractivity contribution in [3.05, 3.63) is 29.3 Å². The standard InChI is InChI=1S/C14H19ClF2O6S/c1-24(18,19)23-10-12-13(16)8-11(9-14(12)17)22-7-6-21-5-4-20-3-2-15/h8-9H,2-7,10H2,1H3. The molecule has 0 amide bonds. The molecule has 1 rings (SSSR count). The van der Waals surface area contributed by atoms with Gasteiger partial charge in [-0.3, -0.25) is 4.18 Å². The van der Waals surface area contributed by atoms with E-state index in [1.807, 2.05) is 0 Å². The summed E-state index contributed by atoms with van der Waals surface area (Å²) in [6.45, 7) is 0.771. The van der Waals surface area contributed by atoms with Crippen LogP contribution in [0.4, 0.5) is 8.78 Å². The van der Waals surface area contributed by atoms with E-state index in [-0.39, 0.29) is 19.0 Å². The van der Waals surface area contributed by atoms with Crippen LogP contribution in [-0.2, 0) is 30.4 Å². The van der Waals surface area contributed by atoms with E-state index in [4.69, 9.17) is 25.8 Å². The third-order valence-electron chi connectivity index (χ3n) is 2.62. The summed E-state index contributed by atoms with van der Waals surface area (Å²) < 4.78 is 69.1. The number of benzene rings is 1. The van der Waals surface area contributed by atoms with Crippen LogP contribution < -0.4 is 4.74 Å². The molecule has 0 radical (unpaired) electrons. The van der Waals surface area contributed by atoms with Gasteiger partial charge < -0.3 is 14.2 Å². The number of ether oxygens (including phenoxy) is 3. The number of rotatable bonds is 12. The van der Waals surface area contributed by atoms with Gasteiger partial charge in [-0.1, -0.05) is 0 Å². The first-order valence-corrected chi connectivity index (χ1v) is 9.35. The van der Waals surface area contributed by atoms with Gasteiger partial charge in [-0.05, 0) is 0 Å². The first-order valence-electron chi connectivity index (χ1n) is 7.00. The molecule has 0 aliphatic rings. The van der Waals surface area contributed by atoms with E-state index in [0.29, 0.717) is 25.7 Å². The zero-order valence-electron chi connectivity index (χ0n) is 13.1. The second-order valence-corrected chi connectivity index (χ2v) is 6.62. The topological polar surface area (TPSA) is 71.1 Å². The molecule has 0 heterocycles. The Balaban J connectivity index is 2.39. The smallest absolute Gasteiger partial charge is 0.264 e. The molecule has 0 atom stereocenters. The molecule has 0 aliphatic heterocycles. The minimum atomic E-state index is -3.79. The lowest BCUT2D eigenvalue weighted by molar-refractivity contribution is 0.0409. The van der Waals surface area contributed by atoms with Gasteiger partial charge in [-0.25, -0.2) is 8.78 Å². The Kier molecular flexibility index (Phi) is 9.45. The Bertz CT molecular complexity index is 588. The Hall–Kier alpha value is -1.00. The molecule has 0 saturated heterocycles. The Morgan fingerprint density at radius 1 is 1.00 bits per heavy atom. The van der Waals surface area contributed by atoms with Crippen LogP contribution in [0.25, 0.3) is 0 Å². The zero-order valence-corrected chi connectivity index (χ0v) is 14.7. The summed E-state index contributed by atoms with van der Waals surface area (Å²) >= 11 is 5.43. The van der Waals surface area contributed by atoms with Crippen molar-refractivity contribution < 1.29 is 35.6 Å². The van der Waals surface area contributed by atoms with Crippen molar-refractivity contribution in [2.24, 2.45) is 0 Å². The molecule has 0 aliphatic carbocycles. The zero-order chi connectivity index (χ0) is 18.0. The maximum absolute atomic E-state index is 13.8. The van der Waals surface area contributed by atoms with Crippen LogP contribution in [0.3, 0.4) is 0 Å². The molecule has 0 fully saturated rings. The SMILES string of the molecule is CS(=O)(=O)OCc1c(F)cc(OCCOCCOCCCl)cc1F. The minimum absolute atomic E-state index is 0.0323. The Morgan fingerprint density at radius 2 is 1.54 bits per heavy atom. The largest absolute Gasteiger partial charge is 0.491 e. The van der Waals surface area contributed by atoms with Crippen molar-refractivity contribution in [3.63, 3.8) is 0 Å². The molecule has 0 N–H and O–H groups in total.